The van der Waals surface area contributed by atoms with Crippen LogP contribution < -0.4 is 10.1 Å². The first-order valence-electron chi connectivity index (χ1n) is 7.94. The van der Waals surface area contributed by atoms with Crippen LogP contribution in [0.4, 0.5) is 5.82 Å². The highest BCUT2D eigenvalue weighted by atomic mass is 79.9. The molecule has 1 aromatic heterocycles. The molecule has 1 amide bonds. The molecule has 126 valence electrons. The Morgan fingerprint density at radius 2 is 2.21 bits per heavy atom. The van der Waals surface area contributed by atoms with Gasteiger partial charge in [0.2, 0.25) is 5.91 Å². The van der Waals surface area contributed by atoms with Gasteiger partial charge in [0.15, 0.2) is 6.79 Å². The number of amides is 1. The van der Waals surface area contributed by atoms with Crippen LogP contribution in [-0.4, -0.2) is 22.5 Å². The average molecular weight is 392 g/mol. The van der Waals surface area contributed by atoms with Gasteiger partial charge in [0, 0.05) is 39.5 Å². The largest absolute Gasteiger partial charge is 0.467 e. The van der Waals surface area contributed by atoms with Crippen LogP contribution in [0.25, 0.3) is 0 Å². The number of hydrogen-bond acceptors (Lipinski definition) is 4. The van der Waals surface area contributed by atoms with Gasteiger partial charge in [-0.05, 0) is 26.0 Å². The van der Waals surface area contributed by atoms with E-state index in [0.717, 1.165) is 32.7 Å². The summed E-state index contributed by atoms with van der Waals surface area (Å²) in [6.07, 6.45) is 2.23. The number of anilines is 1. The van der Waals surface area contributed by atoms with E-state index in [4.69, 9.17) is 9.47 Å². The molecule has 2 aliphatic heterocycles. The van der Waals surface area contributed by atoms with E-state index in [0.29, 0.717) is 13.0 Å². The molecule has 0 bridgehead atoms. The Bertz CT molecular complexity index is 816. The molecule has 2 aromatic rings. The second-order valence-electron chi connectivity index (χ2n) is 6.39. The summed E-state index contributed by atoms with van der Waals surface area (Å²) in [5.41, 5.74) is 3.02. The lowest BCUT2D eigenvalue weighted by atomic mass is 9.85. The maximum absolute atomic E-state index is 12.3. The van der Waals surface area contributed by atoms with Crippen molar-refractivity contribution in [3.63, 3.8) is 0 Å². The van der Waals surface area contributed by atoms with Gasteiger partial charge >= 0.3 is 0 Å². The zero-order chi connectivity index (χ0) is 16.8. The van der Waals surface area contributed by atoms with Gasteiger partial charge in [0.05, 0.1) is 12.8 Å². The summed E-state index contributed by atoms with van der Waals surface area (Å²) in [6.45, 7) is 4.84. The zero-order valence-corrected chi connectivity index (χ0v) is 15.1. The molecule has 2 aliphatic rings. The number of nitrogens with one attached hydrogen (secondary N) is 1. The van der Waals surface area contributed by atoms with E-state index >= 15 is 0 Å². The third-order valence-electron chi connectivity index (χ3n) is 4.41. The van der Waals surface area contributed by atoms with E-state index in [1.807, 2.05) is 36.9 Å². The first kappa shape index (κ1) is 15.7. The van der Waals surface area contributed by atoms with Crippen LogP contribution >= 0.6 is 15.9 Å². The molecule has 0 saturated carbocycles. The summed E-state index contributed by atoms with van der Waals surface area (Å²) in [6, 6.07) is 4.21. The van der Waals surface area contributed by atoms with E-state index in [2.05, 4.69) is 26.3 Å². The van der Waals surface area contributed by atoms with Crippen molar-refractivity contribution >= 4 is 27.7 Å². The van der Waals surface area contributed by atoms with Gasteiger partial charge < -0.3 is 14.8 Å². The zero-order valence-electron chi connectivity index (χ0n) is 13.5. The van der Waals surface area contributed by atoms with E-state index in [1.165, 1.54) is 0 Å². The molecule has 0 saturated heterocycles. The van der Waals surface area contributed by atoms with Crippen LogP contribution in [0, 0.1) is 0 Å². The van der Waals surface area contributed by atoms with Crippen molar-refractivity contribution in [3.05, 3.63) is 39.5 Å². The van der Waals surface area contributed by atoms with Gasteiger partial charge in [-0.1, -0.05) is 15.9 Å². The smallest absolute Gasteiger partial charge is 0.226 e. The van der Waals surface area contributed by atoms with Crippen molar-refractivity contribution < 1.29 is 14.3 Å². The highest BCUT2D eigenvalue weighted by Gasteiger charge is 2.33. The summed E-state index contributed by atoms with van der Waals surface area (Å²) in [5.74, 6) is 1.53. The average Bonchev–Trinajstić information content (AvgIpc) is 2.97. The van der Waals surface area contributed by atoms with Crippen molar-refractivity contribution in [2.24, 2.45) is 0 Å². The number of carbonyl (C=O) groups is 1. The van der Waals surface area contributed by atoms with Gasteiger partial charge in [-0.2, -0.15) is 5.10 Å². The molecule has 6 nitrogen and oxygen atoms in total. The molecule has 0 aliphatic carbocycles. The summed E-state index contributed by atoms with van der Waals surface area (Å²) in [4.78, 5) is 12.3. The fourth-order valence-electron chi connectivity index (χ4n) is 3.37. The molecule has 0 fully saturated rings. The van der Waals surface area contributed by atoms with Crippen molar-refractivity contribution in [1.82, 2.24) is 9.78 Å². The quantitative estimate of drug-likeness (QED) is 0.849. The van der Waals surface area contributed by atoms with Gasteiger partial charge in [-0.3, -0.25) is 4.79 Å². The third-order valence-corrected chi connectivity index (χ3v) is 4.87. The molecular weight excluding hydrogens is 374 g/mol. The number of hydrogen-bond donors (Lipinski definition) is 1. The summed E-state index contributed by atoms with van der Waals surface area (Å²) in [5, 5.41) is 7.44. The fourth-order valence-corrected chi connectivity index (χ4v) is 3.90. The van der Waals surface area contributed by atoms with Crippen LogP contribution in [0.3, 0.4) is 0 Å². The van der Waals surface area contributed by atoms with Crippen molar-refractivity contribution in [2.75, 3.05) is 12.1 Å². The number of carbonyl (C=O) groups excluding carboxylic acids is 1. The Labute approximate surface area is 148 Å². The van der Waals surface area contributed by atoms with E-state index in [9.17, 15) is 4.79 Å². The van der Waals surface area contributed by atoms with Crippen molar-refractivity contribution in [3.8, 4) is 5.75 Å². The van der Waals surface area contributed by atoms with E-state index in [-0.39, 0.29) is 24.7 Å². The first-order valence-corrected chi connectivity index (χ1v) is 8.74. The number of aromatic nitrogens is 2. The van der Waals surface area contributed by atoms with Gasteiger partial charge in [-0.15, -0.1) is 0 Å². The lowest BCUT2D eigenvalue weighted by molar-refractivity contribution is -0.116. The van der Waals surface area contributed by atoms with Gasteiger partial charge in [0.25, 0.3) is 0 Å². The molecular formula is C17H18BrN3O3. The predicted molar refractivity (Wildman–Crippen MR) is 92.1 cm³/mol. The highest BCUT2D eigenvalue weighted by molar-refractivity contribution is 9.10. The van der Waals surface area contributed by atoms with Crippen LogP contribution in [-0.2, 0) is 16.1 Å². The van der Waals surface area contributed by atoms with E-state index in [1.54, 1.807) is 0 Å². The lowest BCUT2D eigenvalue weighted by Gasteiger charge is -2.28. The summed E-state index contributed by atoms with van der Waals surface area (Å²) < 4.78 is 14.0. The normalized spacial score (nSPS) is 19.5. The SMILES string of the molecule is CC(C)n1ncc2c1NC(=O)C[C@@H]2c1cc(Br)cc2c1OCOC2. The molecule has 7 heteroatoms. The Balaban J connectivity index is 1.87. The maximum atomic E-state index is 12.3. The van der Waals surface area contributed by atoms with Crippen molar-refractivity contribution in [1.29, 1.82) is 0 Å². The molecule has 1 atom stereocenters. The number of benzene rings is 1. The molecule has 0 spiro atoms. The minimum Gasteiger partial charge on any atom is -0.467 e. The Morgan fingerprint density at radius 1 is 1.38 bits per heavy atom. The maximum Gasteiger partial charge on any atom is 0.226 e. The van der Waals surface area contributed by atoms with Crippen LogP contribution in [0.5, 0.6) is 5.75 Å². The number of rotatable bonds is 2. The minimum absolute atomic E-state index is 0.00400. The molecule has 1 aromatic carbocycles. The molecule has 0 unspecified atom stereocenters. The van der Waals surface area contributed by atoms with E-state index < -0.39 is 0 Å². The predicted octanol–water partition coefficient (Wildman–Crippen LogP) is 3.57. The highest BCUT2D eigenvalue weighted by Crippen LogP contribution is 2.44. The number of halogens is 1. The Hall–Kier alpha value is -1.86. The minimum atomic E-state index is -0.0781. The lowest BCUT2D eigenvalue weighted by Crippen LogP contribution is -2.26. The fraction of sp³-hybridized carbons (Fsp3) is 0.412. The number of fused-ring (bicyclic) bond motifs is 2. The molecule has 24 heavy (non-hydrogen) atoms. The standard InChI is InChI=1S/C17H18BrN3O3/c1-9(2)21-17-14(6-19-21)12(5-15(22)20-17)13-4-11(18)3-10-7-23-8-24-16(10)13/h3-4,6,9,12H,5,7-8H2,1-2H3,(H,20,22)/t12-/m1/s1. The third kappa shape index (κ3) is 2.52. The van der Waals surface area contributed by atoms with Crippen LogP contribution in [0.2, 0.25) is 0 Å². The molecule has 1 N–H and O–H groups in total. The molecule has 0 radical (unpaired) electrons. The monoisotopic (exact) mass is 391 g/mol. The second-order valence-corrected chi connectivity index (χ2v) is 7.30. The second kappa shape index (κ2) is 5.89. The summed E-state index contributed by atoms with van der Waals surface area (Å²) >= 11 is 3.56. The van der Waals surface area contributed by atoms with Gasteiger partial charge in [0.1, 0.15) is 11.6 Å². The Morgan fingerprint density at radius 3 is 3.00 bits per heavy atom. The topological polar surface area (TPSA) is 65.4 Å². The first-order chi connectivity index (χ1) is 11.5. The Kier molecular flexibility index (Phi) is 3.85. The number of ether oxygens (including phenoxy) is 2. The molecule has 3 heterocycles. The van der Waals surface area contributed by atoms with Gasteiger partial charge in [-0.25, -0.2) is 4.68 Å². The van der Waals surface area contributed by atoms with Crippen molar-refractivity contribution in [2.45, 2.75) is 38.8 Å². The molecule has 4 rings (SSSR count). The van der Waals surface area contributed by atoms with Crippen LogP contribution in [0.1, 0.15) is 48.9 Å². The van der Waals surface area contributed by atoms with Crippen LogP contribution in [0.15, 0.2) is 22.8 Å². The summed E-state index contributed by atoms with van der Waals surface area (Å²) in [7, 11) is 0. The number of nitrogens with zero attached hydrogens (tertiary/aromatic N) is 2.